The lowest BCUT2D eigenvalue weighted by atomic mass is 9.86. The van der Waals surface area contributed by atoms with E-state index in [1.165, 1.54) is 16.7 Å². The summed E-state index contributed by atoms with van der Waals surface area (Å²) in [7, 11) is 0. The molecular formula is C25H38O4. The lowest BCUT2D eigenvalue weighted by Gasteiger charge is -2.18. The zero-order chi connectivity index (χ0) is 21.5. The molecule has 4 heteroatoms. The van der Waals surface area contributed by atoms with Gasteiger partial charge in [-0.25, -0.2) is 0 Å². The summed E-state index contributed by atoms with van der Waals surface area (Å²) < 4.78 is 0. The topological polar surface area (TPSA) is 74.6 Å². The second kappa shape index (κ2) is 10.3. The number of benzene rings is 1. The highest BCUT2D eigenvalue weighted by Gasteiger charge is 2.49. The van der Waals surface area contributed by atoms with Crippen LogP contribution in [0.15, 0.2) is 18.2 Å². The van der Waals surface area contributed by atoms with Crippen molar-refractivity contribution in [3.63, 3.8) is 0 Å². The SMILES string of the molecule is Cc1ccc(CCCCCC2(C(=O)O)CC2)c(CCCCCC(C)(C)C(=O)O)c1. The first-order valence-electron chi connectivity index (χ1n) is 11.2. The van der Waals surface area contributed by atoms with Crippen molar-refractivity contribution < 1.29 is 19.8 Å². The van der Waals surface area contributed by atoms with Crippen LogP contribution in [0.25, 0.3) is 0 Å². The van der Waals surface area contributed by atoms with Gasteiger partial charge in [0, 0.05) is 0 Å². The lowest BCUT2D eigenvalue weighted by Crippen LogP contribution is -2.23. The summed E-state index contributed by atoms with van der Waals surface area (Å²) in [5.74, 6) is -1.32. The summed E-state index contributed by atoms with van der Waals surface area (Å²) in [6.07, 6.45) is 11.7. The Balaban J connectivity index is 1.72. The first-order valence-corrected chi connectivity index (χ1v) is 11.2. The Labute approximate surface area is 175 Å². The monoisotopic (exact) mass is 402 g/mol. The quantitative estimate of drug-likeness (QED) is 0.365. The molecule has 0 amide bonds. The number of carboxylic acid groups (broad SMARTS) is 2. The highest BCUT2D eigenvalue weighted by molar-refractivity contribution is 5.77. The molecule has 1 aliphatic carbocycles. The van der Waals surface area contributed by atoms with Gasteiger partial charge in [-0.05, 0) is 83.3 Å². The van der Waals surface area contributed by atoms with E-state index in [0.29, 0.717) is 0 Å². The van der Waals surface area contributed by atoms with Gasteiger partial charge in [0.05, 0.1) is 10.8 Å². The fourth-order valence-corrected chi connectivity index (χ4v) is 4.07. The molecule has 1 aromatic carbocycles. The number of carboxylic acids is 2. The molecule has 0 aliphatic heterocycles. The van der Waals surface area contributed by atoms with Gasteiger partial charge in [-0.2, -0.15) is 0 Å². The molecule has 0 heterocycles. The van der Waals surface area contributed by atoms with Gasteiger partial charge in [0.15, 0.2) is 0 Å². The van der Waals surface area contributed by atoms with Gasteiger partial charge in [0.1, 0.15) is 0 Å². The van der Waals surface area contributed by atoms with Crippen LogP contribution >= 0.6 is 0 Å². The van der Waals surface area contributed by atoms with Crippen molar-refractivity contribution in [3.05, 3.63) is 34.9 Å². The fraction of sp³-hybridized carbons (Fsp3) is 0.680. The van der Waals surface area contributed by atoms with Crippen LogP contribution in [0.2, 0.25) is 0 Å². The molecule has 0 bridgehead atoms. The number of hydrogen-bond acceptors (Lipinski definition) is 2. The van der Waals surface area contributed by atoms with Crippen molar-refractivity contribution in [1.29, 1.82) is 0 Å². The van der Waals surface area contributed by atoms with E-state index < -0.39 is 17.4 Å². The van der Waals surface area contributed by atoms with Crippen LogP contribution in [0, 0.1) is 17.8 Å². The maximum Gasteiger partial charge on any atom is 0.309 e. The number of aliphatic carboxylic acids is 2. The number of hydrogen-bond donors (Lipinski definition) is 2. The zero-order valence-electron chi connectivity index (χ0n) is 18.4. The number of rotatable bonds is 14. The van der Waals surface area contributed by atoms with Crippen LogP contribution in [-0.4, -0.2) is 22.2 Å². The van der Waals surface area contributed by atoms with E-state index in [0.717, 1.165) is 77.0 Å². The molecule has 1 fully saturated rings. The van der Waals surface area contributed by atoms with Crippen molar-refractivity contribution in [2.24, 2.45) is 10.8 Å². The van der Waals surface area contributed by atoms with Gasteiger partial charge in [-0.1, -0.05) is 49.4 Å². The highest BCUT2D eigenvalue weighted by atomic mass is 16.4. The maximum atomic E-state index is 11.3. The fourth-order valence-electron chi connectivity index (χ4n) is 4.07. The van der Waals surface area contributed by atoms with Crippen molar-refractivity contribution >= 4 is 11.9 Å². The third-order valence-corrected chi connectivity index (χ3v) is 6.60. The van der Waals surface area contributed by atoms with Crippen LogP contribution in [0.3, 0.4) is 0 Å². The smallest absolute Gasteiger partial charge is 0.309 e. The van der Waals surface area contributed by atoms with Gasteiger partial charge in [0.25, 0.3) is 0 Å². The summed E-state index contributed by atoms with van der Waals surface area (Å²) >= 11 is 0. The van der Waals surface area contributed by atoms with Crippen LogP contribution < -0.4 is 0 Å². The van der Waals surface area contributed by atoms with E-state index in [9.17, 15) is 19.8 Å². The molecule has 0 saturated heterocycles. The average Bonchev–Trinajstić information content (AvgIpc) is 3.43. The molecule has 0 aromatic heterocycles. The number of carbonyl (C=O) groups is 2. The first kappa shape index (κ1) is 23.4. The standard InChI is InChI=1S/C25H38O4/c1-19-12-13-20(10-6-5-9-15-25(16-17-25)23(28)29)21(18-19)11-7-4-8-14-24(2,3)22(26)27/h12-13,18H,4-11,14-17H2,1-3H3,(H,26,27)(H,28,29). The van der Waals surface area contributed by atoms with Gasteiger partial charge >= 0.3 is 11.9 Å². The highest BCUT2D eigenvalue weighted by Crippen LogP contribution is 2.50. The molecular weight excluding hydrogens is 364 g/mol. The minimum Gasteiger partial charge on any atom is -0.481 e. The minimum absolute atomic E-state index is 0.385. The van der Waals surface area contributed by atoms with E-state index >= 15 is 0 Å². The largest absolute Gasteiger partial charge is 0.481 e. The van der Waals surface area contributed by atoms with E-state index in [1.807, 2.05) is 0 Å². The van der Waals surface area contributed by atoms with Crippen molar-refractivity contribution in [1.82, 2.24) is 0 Å². The molecule has 2 N–H and O–H groups in total. The van der Waals surface area contributed by atoms with Crippen LogP contribution in [0.4, 0.5) is 0 Å². The predicted molar refractivity (Wildman–Crippen MR) is 116 cm³/mol. The number of unbranched alkanes of at least 4 members (excludes halogenated alkanes) is 4. The summed E-state index contributed by atoms with van der Waals surface area (Å²) in [6, 6.07) is 6.72. The summed E-state index contributed by atoms with van der Waals surface area (Å²) in [6.45, 7) is 5.73. The molecule has 0 radical (unpaired) electrons. The second-order valence-electron chi connectivity index (χ2n) is 9.67. The Hall–Kier alpha value is -1.84. The Bertz CT molecular complexity index is 701. The Morgan fingerprint density at radius 3 is 2.14 bits per heavy atom. The Kier molecular flexibility index (Phi) is 8.30. The van der Waals surface area contributed by atoms with Gasteiger partial charge in [-0.3, -0.25) is 9.59 Å². The molecule has 4 nitrogen and oxygen atoms in total. The van der Waals surface area contributed by atoms with Gasteiger partial charge < -0.3 is 10.2 Å². The van der Waals surface area contributed by atoms with Crippen LogP contribution in [-0.2, 0) is 22.4 Å². The third kappa shape index (κ3) is 7.17. The number of aryl methyl sites for hydroxylation is 3. The van der Waals surface area contributed by atoms with Crippen LogP contribution in [0.1, 0.15) is 94.7 Å². The van der Waals surface area contributed by atoms with E-state index in [4.69, 9.17) is 0 Å². The minimum atomic E-state index is -0.713. The lowest BCUT2D eigenvalue weighted by molar-refractivity contribution is -0.147. The molecule has 29 heavy (non-hydrogen) atoms. The molecule has 0 atom stereocenters. The molecule has 0 spiro atoms. The molecule has 1 aliphatic rings. The van der Waals surface area contributed by atoms with E-state index in [1.54, 1.807) is 13.8 Å². The second-order valence-corrected chi connectivity index (χ2v) is 9.67. The Morgan fingerprint density at radius 1 is 0.931 bits per heavy atom. The van der Waals surface area contributed by atoms with Gasteiger partial charge in [-0.15, -0.1) is 0 Å². The molecule has 162 valence electrons. The molecule has 1 aromatic rings. The summed E-state index contributed by atoms with van der Waals surface area (Å²) in [4.78, 5) is 22.4. The maximum absolute atomic E-state index is 11.3. The normalized spacial score (nSPS) is 15.3. The average molecular weight is 403 g/mol. The predicted octanol–water partition coefficient (Wildman–Crippen LogP) is 6.18. The van der Waals surface area contributed by atoms with Gasteiger partial charge in [0.2, 0.25) is 0 Å². The van der Waals surface area contributed by atoms with Crippen molar-refractivity contribution in [3.8, 4) is 0 Å². The summed E-state index contributed by atoms with van der Waals surface area (Å²) in [5, 5.41) is 18.5. The zero-order valence-corrected chi connectivity index (χ0v) is 18.4. The van der Waals surface area contributed by atoms with Crippen molar-refractivity contribution in [2.75, 3.05) is 0 Å². The van der Waals surface area contributed by atoms with E-state index in [2.05, 4.69) is 25.1 Å². The molecule has 1 saturated carbocycles. The van der Waals surface area contributed by atoms with Crippen molar-refractivity contribution in [2.45, 2.75) is 97.8 Å². The molecule has 0 unspecified atom stereocenters. The third-order valence-electron chi connectivity index (χ3n) is 6.60. The first-order chi connectivity index (χ1) is 13.7. The van der Waals surface area contributed by atoms with E-state index in [-0.39, 0.29) is 5.41 Å². The summed E-state index contributed by atoms with van der Waals surface area (Å²) in [5.41, 5.74) is 3.11. The molecule has 2 rings (SSSR count). The Morgan fingerprint density at radius 2 is 1.55 bits per heavy atom. The van der Waals surface area contributed by atoms with Crippen LogP contribution in [0.5, 0.6) is 0 Å².